The van der Waals surface area contributed by atoms with Crippen molar-refractivity contribution in [3.8, 4) is 17.3 Å². The zero-order valence-electron chi connectivity index (χ0n) is 18.5. The Bertz CT molecular complexity index is 1590. The van der Waals surface area contributed by atoms with Crippen LogP contribution in [0.15, 0.2) is 46.0 Å². The molecule has 5 aromatic rings. The Kier molecular flexibility index (Phi) is 5.25. The van der Waals surface area contributed by atoms with Crippen LogP contribution in [-0.4, -0.2) is 34.9 Å². The predicted molar refractivity (Wildman–Crippen MR) is 128 cm³/mol. The second-order valence-electron chi connectivity index (χ2n) is 7.85. The van der Waals surface area contributed by atoms with Crippen LogP contribution in [0.4, 0.5) is 11.6 Å². The summed E-state index contributed by atoms with van der Waals surface area (Å²) in [5.74, 6) is 1.67. The first-order valence-electron chi connectivity index (χ1n) is 10.4. The Morgan fingerprint density at radius 2 is 2.03 bits per heavy atom. The van der Waals surface area contributed by atoms with Gasteiger partial charge in [0.05, 0.1) is 11.7 Å². The van der Waals surface area contributed by atoms with Crippen LogP contribution in [0.1, 0.15) is 30.2 Å². The van der Waals surface area contributed by atoms with Gasteiger partial charge in [-0.2, -0.15) is 10.1 Å². The van der Waals surface area contributed by atoms with E-state index in [9.17, 15) is 4.79 Å². The average Bonchev–Trinajstić information content (AvgIpc) is 3.42. The summed E-state index contributed by atoms with van der Waals surface area (Å²) in [6.45, 7) is 5.46. The summed E-state index contributed by atoms with van der Waals surface area (Å²) in [5.41, 5.74) is 7.72. The van der Waals surface area contributed by atoms with Gasteiger partial charge >= 0.3 is 0 Å². The van der Waals surface area contributed by atoms with Crippen LogP contribution < -0.4 is 16.6 Å². The highest BCUT2D eigenvalue weighted by atomic mass is 35.5. The fraction of sp³-hybridized carbons (Fsp3) is 0.182. The minimum absolute atomic E-state index is 0.182. The van der Waals surface area contributed by atoms with Gasteiger partial charge in [0.2, 0.25) is 0 Å². The number of H-pyrrole nitrogens is 1. The van der Waals surface area contributed by atoms with Crippen molar-refractivity contribution in [3.63, 3.8) is 0 Å². The van der Waals surface area contributed by atoms with Crippen LogP contribution in [0.25, 0.3) is 28.0 Å². The number of hydrogen-bond donors (Lipinski definition) is 3. The molecule has 12 heteroatoms. The number of aromatic amines is 1. The number of benzene rings is 1. The normalized spacial score (nSPS) is 12.2. The first-order chi connectivity index (χ1) is 16.3. The number of nitrogens with zero attached hydrogens (tertiary/aromatic N) is 6. The number of halogens is 1. The number of nitrogens with one attached hydrogen (secondary N) is 2. The van der Waals surface area contributed by atoms with Gasteiger partial charge in [0.15, 0.2) is 11.6 Å². The molecule has 172 valence electrons. The van der Waals surface area contributed by atoms with E-state index in [0.29, 0.717) is 39.1 Å². The zero-order chi connectivity index (χ0) is 24.0. The number of nitrogen functional groups attached to an aromatic ring is 1. The predicted octanol–water partition coefficient (Wildman–Crippen LogP) is 3.58. The number of aryl methyl sites for hydroxylation is 2. The third kappa shape index (κ3) is 3.75. The molecule has 0 radical (unpaired) electrons. The lowest BCUT2D eigenvalue weighted by atomic mass is 10.1. The molecule has 0 aliphatic carbocycles. The fourth-order valence-corrected chi connectivity index (χ4v) is 3.94. The summed E-state index contributed by atoms with van der Waals surface area (Å²) < 4.78 is 6.84. The summed E-state index contributed by atoms with van der Waals surface area (Å²) in [6.07, 6.45) is 1.34. The number of hydrogen-bond acceptors (Lipinski definition) is 9. The van der Waals surface area contributed by atoms with Gasteiger partial charge in [0, 0.05) is 22.2 Å². The lowest BCUT2D eigenvalue weighted by Gasteiger charge is -2.21. The molecule has 1 aromatic carbocycles. The van der Waals surface area contributed by atoms with E-state index >= 15 is 0 Å². The molecule has 0 aliphatic heterocycles. The average molecular weight is 478 g/mol. The molecule has 1 atom stereocenters. The SMILES string of the molecule is Cc1noc(-c2c(N)ncnc2NC(C)c2cc3ccc(Cl)cc3c(=O)n2-c2cc(C)[nH]n2)n1. The van der Waals surface area contributed by atoms with Gasteiger partial charge in [-0.1, -0.05) is 22.8 Å². The molecule has 4 heterocycles. The summed E-state index contributed by atoms with van der Waals surface area (Å²) in [6, 6.07) is 8.50. The number of nitrogens with two attached hydrogens (primary N) is 1. The van der Waals surface area contributed by atoms with E-state index in [-0.39, 0.29) is 17.3 Å². The number of aromatic nitrogens is 7. The second kappa shape index (κ2) is 8.27. The van der Waals surface area contributed by atoms with E-state index in [1.165, 1.54) is 6.33 Å². The van der Waals surface area contributed by atoms with Crippen molar-refractivity contribution in [2.24, 2.45) is 0 Å². The number of fused-ring (bicyclic) bond motifs is 1. The van der Waals surface area contributed by atoms with Crippen LogP contribution in [0, 0.1) is 13.8 Å². The van der Waals surface area contributed by atoms with Crippen LogP contribution in [0.5, 0.6) is 0 Å². The standard InChI is InChI=1S/C22H20ClN9O2/c1-10-6-17(30-29-10)32-16(7-13-4-5-14(23)8-15(13)22(32)33)11(2)27-20-18(19(24)25-9-26-20)21-28-12(3)31-34-21/h4-9,11H,1-3H3,(H,29,30)(H3,24,25,26,27). The van der Waals surface area contributed by atoms with Gasteiger partial charge in [-0.3, -0.25) is 14.5 Å². The third-order valence-corrected chi connectivity index (χ3v) is 5.58. The second-order valence-corrected chi connectivity index (χ2v) is 8.28. The lowest BCUT2D eigenvalue weighted by molar-refractivity contribution is 0.425. The van der Waals surface area contributed by atoms with E-state index in [4.69, 9.17) is 21.9 Å². The molecule has 0 aliphatic rings. The minimum Gasteiger partial charge on any atom is -0.383 e. The van der Waals surface area contributed by atoms with Crippen LogP contribution in [0.2, 0.25) is 5.02 Å². The molecular weight excluding hydrogens is 458 g/mol. The molecule has 1 unspecified atom stereocenters. The number of anilines is 2. The first-order valence-corrected chi connectivity index (χ1v) is 10.7. The van der Waals surface area contributed by atoms with Crippen molar-refractivity contribution in [1.29, 1.82) is 0 Å². The third-order valence-electron chi connectivity index (χ3n) is 5.35. The van der Waals surface area contributed by atoms with Crippen molar-refractivity contribution < 1.29 is 4.52 Å². The lowest BCUT2D eigenvalue weighted by Crippen LogP contribution is -2.26. The highest BCUT2D eigenvalue weighted by Crippen LogP contribution is 2.32. The molecule has 5 rings (SSSR count). The Labute approximate surface area is 198 Å². The molecule has 34 heavy (non-hydrogen) atoms. The zero-order valence-corrected chi connectivity index (χ0v) is 19.3. The Hall–Kier alpha value is -4.25. The molecule has 11 nitrogen and oxygen atoms in total. The molecule has 4 N–H and O–H groups in total. The summed E-state index contributed by atoms with van der Waals surface area (Å²) >= 11 is 6.17. The van der Waals surface area contributed by atoms with E-state index in [1.54, 1.807) is 29.7 Å². The minimum atomic E-state index is -0.415. The van der Waals surface area contributed by atoms with Gasteiger partial charge < -0.3 is 15.6 Å². The fourth-order valence-electron chi connectivity index (χ4n) is 3.77. The van der Waals surface area contributed by atoms with Gasteiger partial charge in [-0.05, 0) is 44.4 Å². The van der Waals surface area contributed by atoms with Crippen LogP contribution >= 0.6 is 11.6 Å². The van der Waals surface area contributed by atoms with Gasteiger partial charge in [-0.15, -0.1) is 0 Å². The molecule has 4 aromatic heterocycles. The van der Waals surface area contributed by atoms with Crippen molar-refractivity contribution in [2.75, 3.05) is 11.1 Å². The van der Waals surface area contributed by atoms with Crippen molar-refractivity contribution in [2.45, 2.75) is 26.8 Å². The Balaban J connectivity index is 1.66. The molecule has 0 saturated carbocycles. The molecule has 0 fully saturated rings. The Morgan fingerprint density at radius 3 is 2.74 bits per heavy atom. The smallest absolute Gasteiger partial charge is 0.265 e. The van der Waals surface area contributed by atoms with Crippen molar-refractivity contribution >= 4 is 34.0 Å². The number of rotatable bonds is 5. The van der Waals surface area contributed by atoms with E-state index in [2.05, 4.69) is 35.6 Å². The topological polar surface area (TPSA) is 153 Å². The maximum atomic E-state index is 13.6. The Morgan fingerprint density at radius 1 is 1.21 bits per heavy atom. The summed E-state index contributed by atoms with van der Waals surface area (Å²) in [5, 5.41) is 16.0. The van der Waals surface area contributed by atoms with E-state index < -0.39 is 6.04 Å². The molecule has 0 bridgehead atoms. The first kappa shape index (κ1) is 21.6. The highest BCUT2D eigenvalue weighted by Gasteiger charge is 2.22. The monoisotopic (exact) mass is 477 g/mol. The highest BCUT2D eigenvalue weighted by molar-refractivity contribution is 6.31. The van der Waals surface area contributed by atoms with Crippen LogP contribution in [0.3, 0.4) is 0 Å². The van der Waals surface area contributed by atoms with Gasteiger partial charge in [0.25, 0.3) is 11.4 Å². The van der Waals surface area contributed by atoms with E-state index in [1.807, 2.05) is 26.0 Å². The van der Waals surface area contributed by atoms with E-state index in [0.717, 1.165) is 11.1 Å². The molecule has 0 amide bonds. The molecule has 0 saturated heterocycles. The van der Waals surface area contributed by atoms with Gasteiger partial charge in [0.1, 0.15) is 23.5 Å². The van der Waals surface area contributed by atoms with Gasteiger partial charge in [-0.25, -0.2) is 9.97 Å². The summed E-state index contributed by atoms with van der Waals surface area (Å²) in [4.78, 5) is 26.2. The molecular formula is C22H20ClN9O2. The summed E-state index contributed by atoms with van der Waals surface area (Å²) in [7, 11) is 0. The van der Waals surface area contributed by atoms with Crippen LogP contribution in [-0.2, 0) is 0 Å². The number of pyridine rings is 1. The maximum absolute atomic E-state index is 13.6. The van der Waals surface area contributed by atoms with Crippen molar-refractivity contribution in [1.82, 2.24) is 34.9 Å². The molecule has 0 spiro atoms. The maximum Gasteiger partial charge on any atom is 0.265 e. The van der Waals surface area contributed by atoms with Crippen molar-refractivity contribution in [3.05, 3.63) is 69.2 Å². The quantitative estimate of drug-likeness (QED) is 0.344. The largest absolute Gasteiger partial charge is 0.383 e.